The number of hydrogen-bond acceptors (Lipinski definition) is 3. The number of rotatable bonds is 0. The summed E-state index contributed by atoms with van der Waals surface area (Å²) in [6, 6.07) is 0. The van der Waals surface area contributed by atoms with Gasteiger partial charge in [-0.1, -0.05) is 0 Å². The molecule has 11 heavy (non-hydrogen) atoms. The van der Waals surface area contributed by atoms with E-state index in [0.29, 0.717) is 0 Å². The first kappa shape index (κ1) is 8.04. The average Bonchev–Trinajstić information content (AvgIpc) is 1.81. The van der Waals surface area contributed by atoms with Crippen LogP contribution in [0.25, 0.3) is 0 Å². The molecule has 0 bridgehead atoms. The maximum absolute atomic E-state index is 12.6. The molecule has 0 saturated carbocycles. The average molecular weight is 160 g/mol. The predicted molar refractivity (Wildman–Crippen MR) is 35.1 cm³/mol. The van der Waals surface area contributed by atoms with E-state index in [2.05, 4.69) is 4.74 Å². The van der Waals surface area contributed by atoms with Gasteiger partial charge in [-0.25, -0.2) is 4.79 Å². The van der Waals surface area contributed by atoms with Crippen LogP contribution in [0, 0.1) is 0 Å². The van der Waals surface area contributed by atoms with Crippen LogP contribution in [0.15, 0.2) is 11.6 Å². The summed E-state index contributed by atoms with van der Waals surface area (Å²) in [7, 11) is 0. The van der Waals surface area contributed by atoms with E-state index in [0.717, 1.165) is 0 Å². The SMILES string of the molecule is CC1=C(F)C(=O)OC(C)(C)O1. The summed E-state index contributed by atoms with van der Waals surface area (Å²) in [5.74, 6) is -2.98. The number of esters is 1. The summed E-state index contributed by atoms with van der Waals surface area (Å²) in [6.45, 7) is 4.47. The Labute approximate surface area is 63.8 Å². The number of carbonyl (C=O) groups is 1. The predicted octanol–water partition coefficient (Wildman–Crippen LogP) is 1.50. The van der Waals surface area contributed by atoms with E-state index in [9.17, 15) is 9.18 Å². The van der Waals surface area contributed by atoms with E-state index in [1.165, 1.54) is 6.92 Å². The monoisotopic (exact) mass is 160 g/mol. The molecule has 0 atom stereocenters. The zero-order chi connectivity index (χ0) is 8.65. The van der Waals surface area contributed by atoms with Gasteiger partial charge >= 0.3 is 5.97 Å². The standard InChI is InChI=1S/C7H9FO3/c1-4-5(8)6(9)11-7(2,3)10-4/h1-3H3. The molecule has 0 amide bonds. The topological polar surface area (TPSA) is 35.5 Å². The van der Waals surface area contributed by atoms with Crippen LogP contribution < -0.4 is 0 Å². The lowest BCUT2D eigenvalue weighted by Crippen LogP contribution is -2.35. The van der Waals surface area contributed by atoms with Gasteiger partial charge in [-0.3, -0.25) is 0 Å². The van der Waals surface area contributed by atoms with Crippen molar-refractivity contribution in [2.24, 2.45) is 0 Å². The van der Waals surface area contributed by atoms with Crippen molar-refractivity contribution in [2.75, 3.05) is 0 Å². The lowest BCUT2D eigenvalue weighted by Gasteiger charge is -2.29. The molecule has 3 nitrogen and oxygen atoms in total. The first-order valence-electron chi connectivity index (χ1n) is 3.21. The Morgan fingerprint density at radius 1 is 1.36 bits per heavy atom. The molecule has 0 aliphatic carbocycles. The summed E-state index contributed by atoms with van der Waals surface area (Å²) in [6.07, 6.45) is 0. The highest BCUT2D eigenvalue weighted by molar-refractivity contribution is 5.87. The van der Waals surface area contributed by atoms with E-state index in [4.69, 9.17) is 4.74 Å². The van der Waals surface area contributed by atoms with Crippen molar-refractivity contribution in [1.29, 1.82) is 0 Å². The van der Waals surface area contributed by atoms with Crippen molar-refractivity contribution >= 4 is 5.97 Å². The highest BCUT2D eigenvalue weighted by atomic mass is 19.1. The fourth-order valence-electron chi connectivity index (χ4n) is 0.846. The van der Waals surface area contributed by atoms with Gasteiger partial charge in [-0.05, 0) is 6.92 Å². The smallest absolute Gasteiger partial charge is 0.374 e. The fourth-order valence-corrected chi connectivity index (χ4v) is 0.846. The van der Waals surface area contributed by atoms with Crippen molar-refractivity contribution in [3.8, 4) is 0 Å². The highest BCUT2D eigenvalue weighted by Crippen LogP contribution is 2.26. The molecule has 1 aliphatic rings. The van der Waals surface area contributed by atoms with Crippen LogP contribution in [0.3, 0.4) is 0 Å². The number of hydrogen-bond donors (Lipinski definition) is 0. The molecule has 0 aromatic heterocycles. The maximum atomic E-state index is 12.6. The maximum Gasteiger partial charge on any atom is 0.374 e. The van der Waals surface area contributed by atoms with Crippen molar-refractivity contribution in [2.45, 2.75) is 26.6 Å². The first-order chi connectivity index (χ1) is 4.92. The van der Waals surface area contributed by atoms with Crippen LogP contribution in [0.1, 0.15) is 20.8 Å². The number of allylic oxidation sites excluding steroid dienone is 1. The number of carbonyl (C=O) groups excluding carboxylic acids is 1. The lowest BCUT2D eigenvalue weighted by molar-refractivity contribution is -0.210. The molecule has 1 rings (SSSR count). The molecule has 0 spiro atoms. The Morgan fingerprint density at radius 3 is 2.36 bits per heavy atom. The van der Waals surface area contributed by atoms with Gasteiger partial charge in [0.1, 0.15) is 5.76 Å². The summed E-state index contributed by atoms with van der Waals surface area (Å²) in [5, 5.41) is 0. The molecule has 0 radical (unpaired) electrons. The summed E-state index contributed by atoms with van der Waals surface area (Å²) < 4.78 is 22.1. The van der Waals surface area contributed by atoms with E-state index in [-0.39, 0.29) is 5.76 Å². The molecule has 0 saturated heterocycles. The molecule has 4 heteroatoms. The van der Waals surface area contributed by atoms with Gasteiger partial charge in [0, 0.05) is 13.8 Å². The second-order valence-electron chi connectivity index (χ2n) is 2.76. The lowest BCUT2D eigenvalue weighted by atomic mass is 10.3. The van der Waals surface area contributed by atoms with Crippen LogP contribution in [-0.2, 0) is 14.3 Å². The number of cyclic esters (lactones) is 1. The minimum Gasteiger partial charge on any atom is -0.454 e. The van der Waals surface area contributed by atoms with Crippen molar-refractivity contribution < 1.29 is 18.7 Å². The van der Waals surface area contributed by atoms with E-state index in [1.807, 2.05) is 0 Å². The fraction of sp³-hybridized carbons (Fsp3) is 0.571. The van der Waals surface area contributed by atoms with E-state index < -0.39 is 17.6 Å². The molecular weight excluding hydrogens is 151 g/mol. The Bertz CT molecular complexity index is 230. The van der Waals surface area contributed by atoms with Gasteiger partial charge in [-0.15, -0.1) is 0 Å². The Balaban J connectivity index is 2.94. The van der Waals surface area contributed by atoms with E-state index in [1.54, 1.807) is 13.8 Å². The second kappa shape index (κ2) is 2.22. The zero-order valence-corrected chi connectivity index (χ0v) is 6.60. The molecule has 1 aliphatic heterocycles. The van der Waals surface area contributed by atoms with E-state index >= 15 is 0 Å². The Morgan fingerprint density at radius 2 is 1.91 bits per heavy atom. The minimum atomic E-state index is -1.04. The summed E-state index contributed by atoms with van der Waals surface area (Å²) in [4.78, 5) is 10.7. The van der Waals surface area contributed by atoms with Crippen LogP contribution in [0.2, 0.25) is 0 Å². The van der Waals surface area contributed by atoms with Crippen molar-refractivity contribution in [3.05, 3.63) is 11.6 Å². The third-order valence-corrected chi connectivity index (χ3v) is 1.23. The minimum absolute atomic E-state index is 0.0220. The molecule has 0 aromatic rings. The Kier molecular flexibility index (Phi) is 1.62. The molecule has 62 valence electrons. The number of halogens is 1. The third-order valence-electron chi connectivity index (χ3n) is 1.23. The van der Waals surface area contributed by atoms with Crippen molar-refractivity contribution in [3.63, 3.8) is 0 Å². The second-order valence-corrected chi connectivity index (χ2v) is 2.76. The Hall–Kier alpha value is -1.06. The quantitative estimate of drug-likeness (QED) is 0.504. The molecule has 1 heterocycles. The molecule has 0 fully saturated rings. The number of ether oxygens (including phenoxy) is 2. The van der Waals surface area contributed by atoms with Gasteiger partial charge < -0.3 is 9.47 Å². The van der Waals surface area contributed by atoms with Crippen LogP contribution in [0.4, 0.5) is 4.39 Å². The van der Waals surface area contributed by atoms with Crippen LogP contribution in [0.5, 0.6) is 0 Å². The third kappa shape index (κ3) is 1.50. The van der Waals surface area contributed by atoms with Crippen LogP contribution >= 0.6 is 0 Å². The zero-order valence-electron chi connectivity index (χ0n) is 6.60. The van der Waals surface area contributed by atoms with Gasteiger partial charge in [-0.2, -0.15) is 4.39 Å². The van der Waals surface area contributed by atoms with Gasteiger partial charge in [0.25, 0.3) is 0 Å². The molecule has 0 N–H and O–H groups in total. The van der Waals surface area contributed by atoms with Crippen LogP contribution in [-0.4, -0.2) is 11.8 Å². The van der Waals surface area contributed by atoms with Gasteiger partial charge in [0.2, 0.25) is 11.6 Å². The molecule has 0 aromatic carbocycles. The normalized spacial score (nSPS) is 22.7. The molecular formula is C7H9FO3. The van der Waals surface area contributed by atoms with Gasteiger partial charge in [0.05, 0.1) is 0 Å². The first-order valence-corrected chi connectivity index (χ1v) is 3.21. The summed E-state index contributed by atoms with van der Waals surface area (Å²) in [5.41, 5.74) is 0. The largest absolute Gasteiger partial charge is 0.454 e. The molecule has 0 unspecified atom stereocenters. The van der Waals surface area contributed by atoms with Gasteiger partial charge in [0.15, 0.2) is 0 Å². The highest BCUT2D eigenvalue weighted by Gasteiger charge is 2.34. The summed E-state index contributed by atoms with van der Waals surface area (Å²) >= 11 is 0. The van der Waals surface area contributed by atoms with Crippen molar-refractivity contribution in [1.82, 2.24) is 0 Å².